The summed E-state index contributed by atoms with van der Waals surface area (Å²) in [4.78, 5) is 7.70. The molecule has 0 amide bonds. The van der Waals surface area contributed by atoms with Crippen LogP contribution in [0.5, 0.6) is 0 Å². The number of ether oxygens (including phenoxy) is 1. The van der Waals surface area contributed by atoms with Crippen molar-refractivity contribution in [3.8, 4) is 0 Å². The van der Waals surface area contributed by atoms with Crippen molar-refractivity contribution in [1.29, 1.82) is 0 Å². The molecule has 1 fully saturated rings. The van der Waals surface area contributed by atoms with Gasteiger partial charge < -0.3 is 9.64 Å². The second-order valence-electron chi connectivity index (χ2n) is 3.58. The van der Waals surface area contributed by atoms with Crippen molar-refractivity contribution in [3.63, 3.8) is 0 Å². The van der Waals surface area contributed by atoms with Gasteiger partial charge in [0, 0.05) is 13.1 Å². The number of aromatic nitrogens is 1. The second kappa shape index (κ2) is 4.96. The van der Waals surface area contributed by atoms with Crippen LogP contribution in [0.2, 0.25) is 0 Å². The van der Waals surface area contributed by atoms with Gasteiger partial charge in [-0.3, -0.25) is 5.84 Å². The Hall–Kier alpha value is -1.22. The summed E-state index contributed by atoms with van der Waals surface area (Å²) in [6.07, 6.45) is 1.52. The molecule has 1 aliphatic rings. The van der Waals surface area contributed by atoms with Gasteiger partial charge in [-0.1, -0.05) is 0 Å². The quantitative estimate of drug-likeness (QED) is 0.537. The van der Waals surface area contributed by atoms with Crippen LogP contribution >= 0.6 is 0 Å². The Morgan fingerprint density at radius 3 is 2.59 bits per heavy atom. The molecule has 94 valence electrons. The molecular weight excluding hydrogens is 244 g/mol. The molecule has 0 bridgehead atoms. The van der Waals surface area contributed by atoms with Gasteiger partial charge in [-0.2, -0.15) is 0 Å². The molecule has 7 nitrogen and oxygen atoms in total. The molecule has 2 heterocycles. The monoisotopic (exact) mass is 258 g/mol. The van der Waals surface area contributed by atoms with Crippen LogP contribution in [-0.4, -0.2) is 39.7 Å². The molecule has 8 heteroatoms. The van der Waals surface area contributed by atoms with E-state index in [1.807, 2.05) is 0 Å². The Labute approximate surface area is 99.6 Å². The molecule has 0 aromatic carbocycles. The first-order valence-corrected chi connectivity index (χ1v) is 6.63. The lowest BCUT2D eigenvalue weighted by atomic mass is 10.3. The number of rotatable bonds is 3. The Kier molecular flexibility index (Phi) is 3.57. The zero-order valence-corrected chi connectivity index (χ0v) is 9.98. The van der Waals surface area contributed by atoms with Crippen molar-refractivity contribution in [1.82, 2.24) is 9.82 Å². The van der Waals surface area contributed by atoms with E-state index in [1.54, 1.807) is 10.9 Å². The number of hydrogen-bond donors (Lipinski definition) is 2. The maximum Gasteiger partial charge on any atom is 0.270 e. The first-order valence-electron chi connectivity index (χ1n) is 5.14. The van der Waals surface area contributed by atoms with Crippen molar-refractivity contribution >= 4 is 15.7 Å². The van der Waals surface area contributed by atoms with Crippen LogP contribution in [0.1, 0.15) is 0 Å². The van der Waals surface area contributed by atoms with Gasteiger partial charge in [0.25, 0.3) is 10.0 Å². The highest BCUT2D eigenvalue weighted by Crippen LogP contribution is 2.16. The molecule has 17 heavy (non-hydrogen) atoms. The van der Waals surface area contributed by atoms with Gasteiger partial charge in [0.15, 0.2) is 5.03 Å². The van der Waals surface area contributed by atoms with Crippen molar-refractivity contribution in [2.75, 3.05) is 31.2 Å². The lowest BCUT2D eigenvalue weighted by Crippen LogP contribution is -2.36. The minimum Gasteiger partial charge on any atom is -0.378 e. The molecule has 1 aromatic heterocycles. The predicted molar refractivity (Wildman–Crippen MR) is 61.8 cm³/mol. The highest BCUT2D eigenvalue weighted by atomic mass is 32.2. The number of nitrogens with zero attached hydrogens (tertiary/aromatic N) is 2. The number of hydrazine groups is 1. The van der Waals surface area contributed by atoms with Gasteiger partial charge in [0.1, 0.15) is 0 Å². The summed E-state index contributed by atoms with van der Waals surface area (Å²) in [5.41, 5.74) is 0.879. The summed E-state index contributed by atoms with van der Waals surface area (Å²) in [5, 5.41) is -0.0861. The normalized spacial score (nSPS) is 17.1. The van der Waals surface area contributed by atoms with E-state index in [2.05, 4.69) is 9.88 Å². The highest BCUT2D eigenvalue weighted by Gasteiger charge is 2.15. The summed E-state index contributed by atoms with van der Waals surface area (Å²) in [7, 11) is -3.67. The van der Waals surface area contributed by atoms with Crippen LogP contribution in [0.4, 0.5) is 5.69 Å². The number of sulfonamides is 1. The van der Waals surface area contributed by atoms with Crippen molar-refractivity contribution in [3.05, 3.63) is 18.3 Å². The molecule has 1 aliphatic heterocycles. The third kappa shape index (κ3) is 2.72. The average molecular weight is 258 g/mol. The second-order valence-corrected chi connectivity index (χ2v) is 5.24. The Bertz CT molecular complexity index is 468. The van der Waals surface area contributed by atoms with E-state index in [0.717, 1.165) is 18.8 Å². The summed E-state index contributed by atoms with van der Waals surface area (Å²) < 4.78 is 27.9. The van der Waals surface area contributed by atoms with E-state index in [1.165, 1.54) is 12.3 Å². The van der Waals surface area contributed by atoms with Gasteiger partial charge in [-0.05, 0) is 12.1 Å². The molecule has 0 spiro atoms. The molecule has 0 radical (unpaired) electrons. The summed E-state index contributed by atoms with van der Waals surface area (Å²) in [6, 6.07) is 3.14. The van der Waals surface area contributed by atoms with Crippen LogP contribution in [0.25, 0.3) is 0 Å². The summed E-state index contributed by atoms with van der Waals surface area (Å²) in [6.45, 7) is 2.90. The summed E-state index contributed by atoms with van der Waals surface area (Å²) >= 11 is 0. The van der Waals surface area contributed by atoms with Crippen LogP contribution in [0, 0.1) is 0 Å². The Balaban J connectivity index is 2.18. The molecule has 0 aliphatic carbocycles. The standard InChI is InChI=1S/C9H14N4O3S/c10-12-17(14,15)9-2-1-8(7-11-9)13-3-5-16-6-4-13/h1-2,7,12H,3-6,10H2. The molecule has 2 rings (SSSR count). The van der Waals surface area contributed by atoms with E-state index < -0.39 is 10.0 Å². The topological polar surface area (TPSA) is 97.5 Å². The highest BCUT2D eigenvalue weighted by molar-refractivity contribution is 7.89. The number of anilines is 1. The smallest absolute Gasteiger partial charge is 0.270 e. The average Bonchev–Trinajstić information content (AvgIpc) is 2.40. The third-order valence-electron chi connectivity index (χ3n) is 2.53. The van der Waals surface area contributed by atoms with Crippen LogP contribution in [0.3, 0.4) is 0 Å². The fraction of sp³-hybridized carbons (Fsp3) is 0.444. The Morgan fingerprint density at radius 1 is 1.35 bits per heavy atom. The maximum absolute atomic E-state index is 11.4. The van der Waals surface area contributed by atoms with Crippen LogP contribution in [-0.2, 0) is 14.8 Å². The minimum atomic E-state index is -3.67. The van der Waals surface area contributed by atoms with Crippen LogP contribution < -0.4 is 15.6 Å². The fourth-order valence-electron chi connectivity index (χ4n) is 1.60. The van der Waals surface area contributed by atoms with E-state index in [4.69, 9.17) is 10.6 Å². The molecule has 1 aromatic rings. The molecule has 3 N–H and O–H groups in total. The molecular formula is C9H14N4O3S. The predicted octanol–water partition coefficient (Wildman–Crippen LogP) is -0.930. The largest absolute Gasteiger partial charge is 0.378 e. The third-order valence-corrected chi connectivity index (χ3v) is 3.63. The van der Waals surface area contributed by atoms with Gasteiger partial charge in [-0.15, -0.1) is 4.83 Å². The van der Waals surface area contributed by atoms with Crippen LogP contribution in [0.15, 0.2) is 23.4 Å². The van der Waals surface area contributed by atoms with E-state index >= 15 is 0 Å². The van der Waals surface area contributed by atoms with Gasteiger partial charge >= 0.3 is 0 Å². The fourth-order valence-corrected chi connectivity index (χ4v) is 2.16. The number of nitrogens with two attached hydrogens (primary N) is 1. The van der Waals surface area contributed by atoms with Crippen molar-refractivity contribution < 1.29 is 13.2 Å². The maximum atomic E-state index is 11.4. The molecule has 1 saturated heterocycles. The molecule has 0 atom stereocenters. The SMILES string of the molecule is NNS(=O)(=O)c1ccc(N2CCOCC2)cn1. The van der Waals surface area contributed by atoms with Gasteiger partial charge in [0.2, 0.25) is 0 Å². The number of morpholine rings is 1. The van der Waals surface area contributed by atoms with Crippen molar-refractivity contribution in [2.45, 2.75) is 5.03 Å². The molecule has 0 unspecified atom stereocenters. The zero-order valence-electron chi connectivity index (χ0n) is 9.17. The minimum absolute atomic E-state index is 0.0861. The Morgan fingerprint density at radius 2 is 2.06 bits per heavy atom. The first kappa shape index (κ1) is 12.2. The summed E-state index contributed by atoms with van der Waals surface area (Å²) in [5.74, 6) is 4.91. The molecule has 0 saturated carbocycles. The first-order chi connectivity index (χ1) is 8.13. The lowest BCUT2D eigenvalue weighted by molar-refractivity contribution is 0.122. The van der Waals surface area contributed by atoms with E-state index in [-0.39, 0.29) is 5.03 Å². The lowest BCUT2D eigenvalue weighted by Gasteiger charge is -2.28. The van der Waals surface area contributed by atoms with Gasteiger partial charge in [-0.25, -0.2) is 13.4 Å². The van der Waals surface area contributed by atoms with Gasteiger partial charge in [0.05, 0.1) is 25.1 Å². The zero-order chi connectivity index (χ0) is 12.3. The van der Waals surface area contributed by atoms with Crippen molar-refractivity contribution in [2.24, 2.45) is 5.84 Å². The van der Waals surface area contributed by atoms with E-state index in [0.29, 0.717) is 13.2 Å². The number of nitrogens with one attached hydrogen (secondary N) is 1. The number of hydrogen-bond acceptors (Lipinski definition) is 6. The van der Waals surface area contributed by atoms with E-state index in [9.17, 15) is 8.42 Å². The number of pyridine rings is 1.